The number of aromatic nitrogens is 1. The molecule has 0 amide bonds. The normalized spacial score (nSPS) is 11.6. The first-order valence-electron chi connectivity index (χ1n) is 6.07. The van der Waals surface area contributed by atoms with Gasteiger partial charge in [0.15, 0.2) is 0 Å². The second-order valence-corrected chi connectivity index (χ2v) is 7.64. The zero-order chi connectivity index (χ0) is 14.5. The number of sulfone groups is 1. The van der Waals surface area contributed by atoms with E-state index < -0.39 is 9.84 Å². The molecule has 0 saturated heterocycles. The Morgan fingerprint density at radius 3 is 2.74 bits per heavy atom. The highest BCUT2D eigenvalue weighted by molar-refractivity contribution is 9.10. The maximum atomic E-state index is 11.2. The maximum absolute atomic E-state index is 11.2. The number of nitrogens with zero attached hydrogens (tertiary/aromatic N) is 2. The van der Waals surface area contributed by atoms with Crippen LogP contribution in [0.1, 0.15) is 12.5 Å². The van der Waals surface area contributed by atoms with Gasteiger partial charge in [-0.05, 0) is 28.5 Å². The van der Waals surface area contributed by atoms with Crippen LogP contribution in [0.15, 0.2) is 16.7 Å². The first-order chi connectivity index (χ1) is 8.83. The smallest absolute Gasteiger partial charge is 0.149 e. The lowest BCUT2D eigenvalue weighted by atomic mass is 10.2. The number of halogens is 1. The fraction of sp³-hybridized carbons (Fsp3) is 0.583. The van der Waals surface area contributed by atoms with E-state index in [-0.39, 0.29) is 5.75 Å². The van der Waals surface area contributed by atoms with Gasteiger partial charge in [-0.15, -0.1) is 0 Å². The van der Waals surface area contributed by atoms with Crippen LogP contribution in [0.2, 0.25) is 0 Å². The SMILES string of the molecule is CCNCc1cc(Br)cnc1N(C)CCS(C)(=O)=O. The molecule has 0 aliphatic heterocycles. The molecular formula is C12H20BrN3O2S. The molecule has 5 nitrogen and oxygen atoms in total. The minimum atomic E-state index is -2.96. The quantitative estimate of drug-likeness (QED) is 0.806. The van der Waals surface area contributed by atoms with E-state index in [1.807, 2.05) is 24.9 Å². The first kappa shape index (κ1) is 16.4. The molecule has 0 aliphatic rings. The summed E-state index contributed by atoms with van der Waals surface area (Å²) in [6.45, 7) is 4.06. The molecule has 0 atom stereocenters. The molecular weight excluding hydrogens is 330 g/mol. The van der Waals surface area contributed by atoms with Crippen LogP contribution in [0.4, 0.5) is 5.82 Å². The summed E-state index contributed by atoms with van der Waals surface area (Å²) in [6, 6.07) is 2.00. The summed E-state index contributed by atoms with van der Waals surface area (Å²) < 4.78 is 23.3. The minimum absolute atomic E-state index is 0.127. The van der Waals surface area contributed by atoms with Crippen LogP contribution in [0.3, 0.4) is 0 Å². The lowest BCUT2D eigenvalue weighted by molar-refractivity contribution is 0.601. The Bertz CT molecular complexity index is 520. The van der Waals surface area contributed by atoms with Crippen LogP contribution in [0.5, 0.6) is 0 Å². The Morgan fingerprint density at radius 2 is 2.16 bits per heavy atom. The molecule has 0 aliphatic carbocycles. The van der Waals surface area contributed by atoms with Crippen molar-refractivity contribution in [3.05, 3.63) is 22.3 Å². The zero-order valence-electron chi connectivity index (χ0n) is 11.5. The standard InChI is InChI=1S/C12H20BrN3O2S/c1-4-14-8-10-7-11(13)9-15-12(10)16(2)5-6-19(3,17)18/h7,9,14H,4-6,8H2,1-3H3. The van der Waals surface area contributed by atoms with E-state index in [1.54, 1.807) is 6.20 Å². The van der Waals surface area contributed by atoms with Gasteiger partial charge in [-0.1, -0.05) is 6.92 Å². The van der Waals surface area contributed by atoms with Crippen molar-refractivity contribution < 1.29 is 8.42 Å². The van der Waals surface area contributed by atoms with Gasteiger partial charge >= 0.3 is 0 Å². The molecule has 7 heteroatoms. The molecule has 1 rings (SSSR count). The molecule has 0 fully saturated rings. The number of anilines is 1. The van der Waals surface area contributed by atoms with Gasteiger partial charge in [0.05, 0.1) is 5.75 Å². The van der Waals surface area contributed by atoms with Gasteiger partial charge in [0.25, 0.3) is 0 Å². The summed E-state index contributed by atoms with van der Waals surface area (Å²) in [6.07, 6.45) is 2.97. The summed E-state index contributed by atoms with van der Waals surface area (Å²) >= 11 is 3.40. The maximum Gasteiger partial charge on any atom is 0.149 e. The van der Waals surface area contributed by atoms with Crippen molar-refractivity contribution in [3.8, 4) is 0 Å². The highest BCUT2D eigenvalue weighted by atomic mass is 79.9. The van der Waals surface area contributed by atoms with Gasteiger partial charge in [-0.3, -0.25) is 0 Å². The van der Waals surface area contributed by atoms with Gasteiger partial charge in [0, 0.05) is 42.6 Å². The second kappa shape index (κ2) is 7.21. The third-order valence-electron chi connectivity index (χ3n) is 2.63. The molecule has 0 aromatic carbocycles. The van der Waals surface area contributed by atoms with E-state index in [4.69, 9.17) is 0 Å². The Morgan fingerprint density at radius 1 is 1.47 bits per heavy atom. The third-order valence-corrected chi connectivity index (χ3v) is 3.99. The Labute approximate surface area is 123 Å². The fourth-order valence-electron chi connectivity index (χ4n) is 1.62. The number of rotatable bonds is 7. The van der Waals surface area contributed by atoms with Crippen LogP contribution >= 0.6 is 15.9 Å². The molecule has 0 bridgehead atoms. The lowest BCUT2D eigenvalue weighted by Crippen LogP contribution is -2.27. The predicted molar refractivity (Wildman–Crippen MR) is 82.3 cm³/mol. The predicted octanol–water partition coefficient (Wildman–Crippen LogP) is 1.43. The summed E-state index contributed by atoms with van der Waals surface area (Å²) in [4.78, 5) is 6.25. The topological polar surface area (TPSA) is 62.3 Å². The van der Waals surface area contributed by atoms with Crippen LogP contribution in [-0.4, -0.2) is 45.5 Å². The van der Waals surface area contributed by atoms with Crippen molar-refractivity contribution in [1.82, 2.24) is 10.3 Å². The molecule has 108 valence electrons. The molecule has 19 heavy (non-hydrogen) atoms. The average molecular weight is 350 g/mol. The first-order valence-corrected chi connectivity index (χ1v) is 8.93. The third kappa shape index (κ3) is 5.88. The van der Waals surface area contributed by atoms with Crippen LogP contribution in [-0.2, 0) is 16.4 Å². The van der Waals surface area contributed by atoms with E-state index in [1.165, 1.54) is 6.26 Å². The summed E-state index contributed by atoms with van der Waals surface area (Å²) in [5, 5.41) is 3.25. The van der Waals surface area contributed by atoms with E-state index in [9.17, 15) is 8.42 Å². The largest absolute Gasteiger partial charge is 0.358 e. The van der Waals surface area contributed by atoms with Gasteiger partial charge < -0.3 is 10.2 Å². The van der Waals surface area contributed by atoms with Crippen molar-refractivity contribution in [2.45, 2.75) is 13.5 Å². The number of pyridine rings is 1. The van der Waals surface area contributed by atoms with E-state index >= 15 is 0 Å². The Hall–Kier alpha value is -0.660. The Kier molecular flexibility index (Phi) is 6.22. The number of hydrogen-bond donors (Lipinski definition) is 1. The molecule has 0 radical (unpaired) electrons. The highest BCUT2D eigenvalue weighted by Crippen LogP contribution is 2.20. The lowest BCUT2D eigenvalue weighted by Gasteiger charge is -2.21. The molecule has 0 spiro atoms. The van der Waals surface area contributed by atoms with Crippen LogP contribution in [0, 0.1) is 0 Å². The Balaban J connectivity index is 2.85. The van der Waals surface area contributed by atoms with Crippen LogP contribution in [0.25, 0.3) is 0 Å². The van der Waals surface area contributed by atoms with Gasteiger partial charge in [0.1, 0.15) is 15.7 Å². The molecule has 1 heterocycles. The van der Waals surface area contributed by atoms with Gasteiger partial charge in [0.2, 0.25) is 0 Å². The molecule has 1 N–H and O–H groups in total. The van der Waals surface area contributed by atoms with E-state index in [2.05, 4.69) is 26.2 Å². The number of nitrogens with one attached hydrogen (secondary N) is 1. The van der Waals surface area contributed by atoms with Gasteiger partial charge in [-0.25, -0.2) is 13.4 Å². The number of hydrogen-bond acceptors (Lipinski definition) is 5. The second-order valence-electron chi connectivity index (χ2n) is 4.47. The van der Waals surface area contributed by atoms with Gasteiger partial charge in [-0.2, -0.15) is 0 Å². The van der Waals surface area contributed by atoms with E-state index in [0.29, 0.717) is 13.1 Å². The molecule has 0 saturated carbocycles. The highest BCUT2D eigenvalue weighted by Gasteiger charge is 2.12. The fourth-order valence-corrected chi connectivity index (χ4v) is 2.60. The monoisotopic (exact) mass is 349 g/mol. The minimum Gasteiger partial charge on any atom is -0.358 e. The van der Waals surface area contributed by atoms with Crippen molar-refractivity contribution in [1.29, 1.82) is 0 Å². The van der Waals surface area contributed by atoms with Crippen molar-refractivity contribution in [2.24, 2.45) is 0 Å². The van der Waals surface area contributed by atoms with Crippen LogP contribution < -0.4 is 10.2 Å². The summed E-state index contributed by atoms with van der Waals surface area (Å²) in [7, 11) is -1.10. The van der Waals surface area contributed by atoms with E-state index in [0.717, 1.165) is 22.4 Å². The summed E-state index contributed by atoms with van der Waals surface area (Å²) in [5.74, 6) is 0.940. The zero-order valence-corrected chi connectivity index (χ0v) is 13.9. The molecule has 1 aromatic rings. The average Bonchev–Trinajstić information content (AvgIpc) is 2.32. The van der Waals surface area contributed by atoms with Crippen molar-refractivity contribution >= 4 is 31.6 Å². The van der Waals surface area contributed by atoms with Crippen molar-refractivity contribution in [2.75, 3.05) is 37.0 Å². The van der Waals surface area contributed by atoms with Crippen molar-refractivity contribution in [3.63, 3.8) is 0 Å². The summed E-state index contributed by atoms with van der Waals surface area (Å²) in [5.41, 5.74) is 1.05. The molecule has 0 unspecified atom stereocenters. The molecule has 1 aromatic heterocycles.